The second kappa shape index (κ2) is 5.17. The first kappa shape index (κ1) is 13.5. The maximum absolute atomic E-state index is 12.1. The van der Waals surface area contributed by atoms with E-state index < -0.39 is 28.8 Å². The van der Waals surface area contributed by atoms with Crippen molar-refractivity contribution in [2.24, 2.45) is 0 Å². The molecule has 8 heteroatoms. The highest BCUT2D eigenvalue weighted by Gasteiger charge is 2.20. The van der Waals surface area contributed by atoms with E-state index in [1.807, 2.05) is 0 Å². The van der Waals surface area contributed by atoms with E-state index in [9.17, 15) is 23.7 Å². The molecule has 1 rings (SSSR count). The quantitative estimate of drug-likeness (QED) is 0.486. The lowest BCUT2D eigenvalue weighted by Crippen LogP contribution is -2.06. The molecule has 92 valence electrons. The zero-order valence-corrected chi connectivity index (χ0v) is 10.0. The molecular weight excluding hydrogens is 304 g/mol. The predicted molar refractivity (Wildman–Crippen MR) is 57.4 cm³/mol. The maximum atomic E-state index is 12.1. The molecule has 0 atom stereocenters. The van der Waals surface area contributed by atoms with E-state index in [4.69, 9.17) is 0 Å². The average Bonchev–Trinajstić information content (AvgIpc) is 2.19. The van der Waals surface area contributed by atoms with Crippen molar-refractivity contribution in [3.8, 4) is 5.75 Å². The van der Waals surface area contributed by atoms with Gasteiger partial charge in [0.05, 0.1) is 15.5 Å². The topological polar surface area (TPSA) is 69.4 Å². The first-order chi connectivity index (χ1) is 7.82. The van der Waals surface area contributed by atoms with Crippen molar-refractivity contribution in [2.75, 3.05) is 0 Å². The van der Waals surface area contributed by atoms with Crippen LogP contribution in [0.2, 0.25) is 0 Å². The lowest BCUT2D eigenvalue weighted by molar-refractivity contribution is -0.385. The molecular formula is C9H6BrF2NO4. The number of Topliss-reactive ketones (excluding diaryl/α,β-unsaturated/α-hetero) is 1. The molecule has 0 spiro atoms. The fourth-order valence-electron chi connectivity index (χ4n) is 1.13. The Morgan fingerprint density at radius 2 is 2.12 bits per heavy atom. The highest BCUT2D eigenvalue weighted by molar-refractivity contribution is 9.10. The lowest BCUT2D eigenvalue weighted by atomic mass is 10.1. The highest BCUT2D eigenvalue weighted by atomic mass is 79.9. The van der Waals surface area contributed by atoms with E-state index in [1.54, 1.807) is 0 Å². The number of nitro benzene ring substituents is 1. The van der Waals surface area contributed by atoms with Gasteiger partial charge in [-0.1, -0.05) is 0 Å². The molecule has 0 unspecified atom stereocenters. The van der Waals surface area contributed by atoms with Gasteiger partial charge in [-0.2, -0.15) is 8.78 Å². The molecule has 5 nitrogen and oxygen atoms in total. The molecule has 0 fully saturated rings. The van der Waals surface area contributed by atoms with Gasteiger partial charge in [-0.3, -0.25) is 14.9 Å². The normalized spacial score (nSPS) is 10.4. The maximum Gasteiger partial charge on any atom is 0.387 e. The van der Waals surface area contributed by atoms with Gasteiger partial charge < -0.3 is 4.74 Å². The van der Waals surface area contributed by atoms with E-state index in [-0.39, 0.29) is 10.0 Å². The number of carbonyl (C=O) groups is 1. The van der Waals surface area contributed by atoms with Gasteiger partial charge >= 0.3 is 6.61 Å². The van der Waals surface area contributed by atoms with Crippen LogP contribution in [0.25, 0.3) is 0 Å². The number of hydrogen-bond acceptors (Lipinski definition) is 4. The van der Waals surface area contributed by atoms with Crippen molar-refractivity contribution < 1.29 is 23.2 Å². The van der Waals surface area contributed by atoms with Crippen LogP contribution in [0.3, 0.4) is 0 Å². The van der Waals surface area contributed by atoms with Crippen molar-refractivity contribution in [1.29, 1.82) is 0 Å². The molecule has 0 saturated heterocycles. The number of halogens is 3. The van der Waals surface area contributed by atoms with Gasteiger partial charge in [0.1, 0.15) is 5.75 Å². The Morgan fingerprint density at radius 1 is 1.53 bits per heavy atom. The molecule has 0 radical (unpaired) electrons. The largest absolute Gasteiger partial charge is 0.433 e. The molecule has 17 heavy (non-hydrogen) atoms. The molecule has 0 saturated carbocycles. The van der Waals surface area contributed by atoms with Gasteiger partial charge in [-0.25, -0.2) is 0 Å². The van der Waals surface area contributed by atoms with Crippen LogP contribution >= 0.6 is 15.9 Å². The number of rotatable bonds is 4. The van der Waals surface area contributed by atoms with Crippen molar-refractivity contribution in [2.45, 2.75) is 13.5 Å². The smallest absolute Gasteiger partial charge is 0.387 e. The van der Waals surface area contributed by atoms with Gasteiger partial charge in [0, 0.05) is 11.6 Å². The number of alkyl halides is 2. The molecule has 0 aromatic heterocycles. The summed E-state index contributed by atoms with van der Waals surface area (Å²) < 4.78 is 28.2. The van der Waals surface area contributed by atoms with Crippen molar-refractivity contribution in [1.82, 2.24) is 0 Å². The molecule has 0 N–H and O–H groups in total. The van der Waals surface area contributed by atoms with Crippen LogP contribution in [0.4, 0.5) is 14.5 Å². The van der Waals surface area contributed by atoms with Crippen molar-refractivity contribution in [3.63, 3.8) is 0 Å². The van der Waals surface area contributed by atoms with Crippen LogP contribution < -0.4 is 4.74 Å². The summed E-state index contributed by atoms with van der Waals surface area (Å²) in [6.45, 7) is -1.97. The number of benzene rings is 1. The Morgan fingerprint density at radius 3 is 2.53 bits per heavy atom. The second-order valence-corrected chi connectivity index (χ2v) is 3.79. The second-order valence-electron chi connectivity index (χ2n) is 3.00. The van der Waals surface area contributed by atoms with E-state index in [0.29, 0.717) is 0 Å². The highest BCUT2D eigenvalue weighted by Crippen LogP contribution is 2.34. The summed E-state index contributed by atoms with van der Waals surface area (Å²) in [5.41, 5.74) is -0.580. The van der Waals surface area contributed by atoms with Crippen LogP contribution in [-0.4, -0.2) is 17.3 Å². The monoisotopic (exact) mass is 309 g/mol. The van der Waals surface area contributed by atoms with E-state index in [2.05, 4.69) is 20.7 Å². The third-order valence-electron chi connectivity index (χ3n) is 1.83. The third-order valence-corrected chi connectivity index (χ3v) is 2.65. The molecule has 0 aliphatic heterocycles. The summed E-state index contributed by atoms with van der Waals surface area (Å²) in [5.74, 6) is -0.945. The number of non-ortho nitro benzene ring substituents is 1. The molecule has 0 bridgehead atoms. The predicted octanol–water partition coefficient (Wildman–Crippen LogP) is 3.16. The summed E-state index contributed by atoms with van der Waals surface area (Å²) in [5, 5.41) is 10.6. The minimum atomic E-state index is -3.13. The molecule has 0 amide bonds. The SMILES string of the molecule is CC(=O)c1cc([N+](=O)[O-])cc(OC(F)F)c1Br. The summed E-state index contributed by atoms with van der Waals surface area (Å²) in [4.78, 5) is 20.9. The fourth-order valence-corrected chi connectivity index (χ4v) is 1.73. The fraction of sp³-hybridized carbons (Fsp3) is 0.222. The molecule has 0 heterocycles. The molecule has 1 aromatic carbocycles. The number of nitrogens with zero attached hydrogens (tertiary/aromatic N) is 1. The zero-order valence-electron chi connectivity index (χ0n) is 8.45. The van der Waals surface area contributed by atoms with Crippen LogP contribution in [0.15, 0.2) is 16.6 Å². The number of hydrogen-bond donors (Lipinski definition) is 0. The van der Waals surface area contributed by atoms with Crippen LogP contribution in [0.5, 0.6) is 5.75 Å². The standard InChI is InChI=1S/C9H6BrF2NO4/c1-4(14)6-2-5(13(15)16)3-7(8(6)10)17-9(11)12/h2-3,9H,1H3. The number of carbonyl (C=O) groups excluding carboxylic acids is 1. The molecule has 1 aromatic rings. The van der Waals surface area contributed by atoms with Crippen LogP contribution in [0.1, 0.15) is 17.3 Å². The summed E-state index contributed by atoms with van der Waals surface area (Å²) in [6, 6.07) is 1.81. The van der Waals surface area contributed by atoms with Crippen molar-refractivity contribution in [3.05, 3.63) is 32.3 Å². The van der Waals surface area contributed by atoms with Gasteiger partial charge in [0.25, 0.3) is 5.69 Å². The van der Waals surface area contributed by atoms with Gasteiger partial charge in [-0.05, 0) is 22.9 Å². The average molecular weight is 310 g/mol. The van der Waals surface area contributed by atoms with E-state index >= 15 is 0 Å². The van der Waals surface area contributed by atoms with Crippen LogP contribution in [0, 0.1) is 10.1 Å². The Balaban J connectivity index is 3.37. The molecule has 0 aliphatic carbocycles. The van der Waals surface area contributed by atoms with E-state index in [0.717, 1.165) is 19.1 Å². The first-order valence-electron chi connectivity index (χ1n) is 4.26. The Hall–Kier alpha value is -1.57. The number of ketones is 1. The summed E-state index contributed by atoms with van der Waals surface area (Å²) in [7, 11) is 0. The lowest BCUT2D eigenvalue weighted by Gasteiger charge is -2.09. The van der Waals surface area contributed by atoms with Gasteiger partial charge in [0.2, 0.25) is 0 Å². The van der Waals surface area contributed by atoms with E-state index in [1.165, 1.54) is 0 Å². The van der Waals surface area contributed by atoms with Crippen LogP contribution in [-0.2, 0) is 0 Å². The van der Waals surface area contributed by atoms with Gasteiger partial charge in [-0.15, -0.1) is 0 Å². The zero-order chi connectivity index (χ0) is 13.2. The summed E-state index contributed by atoms with van der Waals surface area (Å²) >= 11 is 2.89. The summed E-state index contributed by atoms with van der Waals surface area (Å²) in [6.07, 6.45) is 0. The number of ether oxygens (including phenoxy) is 1. The minimum Gasteiger partial charge on any atom is -0.433 e. The van der Waals surface area contributed by atoms with Crippen molar-refractivity contribution >= 4 is 27.4 Å². The Kier molecular flexibility index (Phi) is 4.11. The Labute approximate surface area is 103 Å². The Bertz CT molecular complexity index is 478. The molecule has 0 aliphatic rings. The van der Waals surface area contributed by atoms with Gasteiger partial charge in [0.15, 0.2) is 5.78 Å². The third kappa shape index (κ3) is 3.19. The number of nitro groups is 1. The minimum absolute atomic E-state index is 0.0316. The first-order valence-corrected chi connectivity index (χ1v) is 5.06.